The Morgan fingerprint density at radius 3 is 2.86 bits per heavy atom. The summed E-state index contributed by atoms with van der Waals surface area (Å²) < 4.78 is 5.79. The van der Waals surface area contributed by atoms with Gasteiger partial charge in [0.15, 0.2) is 0 Å². The van der Waals surface area contributed by atoms with E-state index in [4.69, 9.17) is 4.74 Å². The maximum absolute atomic E-state index is 12.3. The third-order valence-electron chi connectivity index (χ3n) is 4.29. The van der Waals surface area contributed by atoms with Crippen LogP contribution in [-0.4, -0.2) is 59.7 Å². The molecule has 1 atom stereocenters. The number of hydrogen-bond acceptors (Lipinski definition) is 5. The summed E-state index contributed by atoms with van der Waals surface area (Å²) >= 11 is 0. The molecule has 3 rings (SSSR count). The molecule has 0 saturated carbocycles. The number of hydrogen-bond donors (Lipinski definition) is 0. The molecule has 1 aromatic rings. The average Bonchev–Trinajstić information content (AvgIpc) is 2.67. The van der Waals surface area contributed by atoms with Gasteiger partial charge in [-0.1, -0.05) is 0 Å². The molecule has 2 aliphatic heterocycles. The lowest BCUT2D eigenvalue weighted by Crippen LogP contribution is -2.42. The van der Waals surface area contributed by atoms with E-state index >= 15 is 0 Å². The van der Waals surface area contributed by atoms with Crippen LogP contribution in [0.3, 0.4) is 0 Å². The summed E-state index contributed by atoms with van der Waals surface area (Å²) in [6, 6.07) is 0.241. The molecule has 0 bridgehead atoms. The number of ether oxygens (including phenoxy) is 1. The van der Waals surface area contributed by atoms with Gasteiger partial charge in [-0.3, -0.25) is 9.78 Å². The molecule has 0 unspecified atom stereocenters. The van der Waals surface area contributed by atoms with Gasteiger partial charge in [-0.2, -0.15) is 0 Å². The fourth-order valence-electron chi connectivity index (χ4n) is 3.24. The minimum absolute atomic E-state index is 0.130. The Morgan fingerprint density at radius 1 is 1.33 bits per heavy atom. The maximum Gasteiger partial charge on any atom is 0.223 e. The van der Waals surface area contributed by atoms with Crippen LogP contribution in [0.25, 0.3) is 0 Å². The van der Waals surface area contributed by atoms with Crippen molar-refractivity contribution in [3.05, 3.63) is 18.6 Å². The standard InChI is InChI=1S/C15H22N4O2/c1-12(2)19-10-15(7-14(19)20)9-18(5-6-21-11-15)13-8-16-3-4-17-13/h3-4,8,12H,5-7,9-11H2,1-2H3/t15-/m0/s1. The van der Waals surface area contributed by atoms with Gasteiger partial charge < -0.3 is 14.5 Å². The van der Waals surface area contributed by atoms with E-state index in [1.807, 2.05) is 4.90 Å². The first-order valence-corrected chi connectivity index (χ1v) is 7.48. The van der Waals surface area contributed by atoms with Crippen molar-refractivity contribution in [2.24, 2.45) is 5.41 Å². The number of amides is 1. The van der Waals surface area contributed by atoms with Crippen LogP contribution in [-0.2, 0) is 9.53 Å². The zero-order valence-electron chi connectivity index (χ0n) is 12.7. The predicted octanol–water partition coefficient (Wildman–Crippen LogP) is 0.940. The average molecular weight is 290 g/mol. The van der Waals surface area contributed by atoms with Gasteiger partial charge in [0.2, 0.25) is 5.91 Å². The molecular weight excluding hydrogens is 268 g/mol. The van der Waals surface area contributed by atoms with E-state index in [0.29, 0.717) is 19.6 Å². The smallest absolute Gasteiger partial charge is 0.223 e. The topological polar surface area (TPSA) is 58.6 Å². The Labute approximate surface area is 125 Å². The minimum atomic E-state index is -0.130. The van der Waals surface area contributed by atoms with Crippen LogP contribution >= 0.6 is 0 Å². The Bertz CT molecular complexity index is 508. The minimum Gasteiger partial charge on any atom is -0.379 e. The fraction of sp³-hybridized carbons (Fsp3) is 0.667. The monoisotopic (exact) mass is 290 g/mol. The van der Waals surface area contributed by atoms with Gasteiger partial charge in [-0.25, -0.2) is 4.98 Å². The summed E-state index contributed by atoms with van der Waals surface area (Å²) in [6.45, 7) is 7.77. The number of rotatable bonds is 2. The molecule has 6 heteroatoms. The first-order chi connectivity index (χ1) is 10.1. The highest BCUT2D eigenvalue weighted by Gasteiger charge is 2.46. The third kappa shape index (κ3) is 2.85. The summed E-state index contributed by atoms with van der Waals surface area (Å²) in [5.74, 6) is 1.09. The molecule has 1 amide bonds. The van der Waals surface area contributed by atoms with Crippen LogP contribution in [0, 0.1) is 5.41 Å². The Morgan fingerprint density at radius 2 is 2.19 bits per heavy atom. The molecular formula is C15H22N4O2. The molecule has 1 spiro atoms. The number of carbonyl (C=O) groups is 1. The first-order valence-electron chi connectivity index (χ1n) is 7.48. The summed E-state index contributed by atoms with van der Waals surface area (Å²) in [5, 5.41) is 0. The Balaban J connectivity index is 1.81. The normalized spacial score (nSPS) is 26.7. The quantitative estimate of drug-likeness (QED) is 0.811. The highest BCUT2D eigenvalue weighted by molar-refractivity contribution is 5.80. The molecule has 114 valence electrons. The number of likely N-dealkylation sites (tertiary alicyclic amines) is 1. The van der Waals surface area contributed by atoms with E-state index in [0.717, 1.165) is 25.5 Å². The molecule has 1 aromatic heterocycles. The van der Waals surface area contributed by atoms with Crippen LogP contribution in [0.2, 0.25) is 0 Å². The largest absolute Gasteiger partial charge is 0.379 e. The molecule has 3 heterocycles. The van der Waals surface area contributed by atoms with Crippen LogP contribution < -0.4 is 4.90 Å². The van der Waals surface area contributed by atoms with Crippen LogP contribution in [0.5, 0.6) is 0 Å². The number of aromatic nitrogens is 2. The van der Waals surface area contributed by atoms with Crippen LogP contribution in [0.4, 0.5) is 5.82 Å². The van der Waals surface area contributed by atoms with Gasteiger partial charge in [-0.05, 0) is 13.8 Å². The summed E-state index contributed by atoms with van der Waals surface area (Å²) in [4.78, 5) is 24.9. The lowest BCUT2D eigenvalue weighted by atomic mass is 9.87. The van der Waals surface area contributed by atoms with Crippen molar-refractivity contribution < 1.29 is 9.53 Å². The molecule has 6 nitrogen and oxygen atoms in total. The highest BCUT2D eigenvalue weighted by Crippen LogP contribution is 2.36. The predicted molar refractivity (Wildman–Crippen MR) is 79.0 cm³/mol. The Kier molecular flexibility index (Phi) is 3.80. The van der Waals surface area contributed by atoms with Gasteiger partial charge in [-0.15, -0.1) is 0 Å². The van der Waals surface area contributed by atoms with Gasteiger partial charge in [0.05, 0.1) is 19.4 Å². The van der Waals surface area contributed by atoms with Gasteiger partial charge in [0, 0.05) is 49.9 Å². The summed E-state index contributed by atoms with van der Waals surface area (Å²) in [7, 11) is 0. The lowest BCUT2D eigenvalue weighted by Gasteiger charge is -2.32. The van der Waals surface area contributed by atoms with E-state index in [9.17, 15) is 4.79 Å². The first kappa shape index (κ1) is 14.3. The van der Waals surface area contributed by atoms with E-state index in [1.54, 1.807) is 18.6 Å². The molecule has 2 aliphatic rings. The molecule has 0 N–H and O–H groups in total. The number of nitrogens with zero attached hydrogens (tertiary/aromatic N) is 4. The van der Waals surface area contributed by atoms with Crippen LogP contribution in [0.1, 0.15) is 20.3 Å². The molecule has 21 heavy (non-hydrogen) atoms. The van der Waals surface area contributed by atoms with Crippen molar-refractivity contribution in [3.63, 3.8) is 0 Å². The van der Waals surface area contributed by atoms with Crippen molar-refractivity contribution >= 4 is 11.7 Å². The van der Waals surface area contributed by atoms with E-state index in [2.05, 4.69) is 28.7 Å². The second-order valence-electron chi connectivity index (χ2n) is 6.33. The molecule has 0 aromatic carbocycles. The summed E-state index contributed by atoms with van der Waals surface area (Å²) in [5.41, 5.74) is -0.130. The van der Waals surface area contributed by atoms with Gasteiger partial charge in [0.25, 0.3) is 0 Å². The third-order valence-corrected chi connectivity index (χ3v) is 4.29. The SMILES string of the molecule is CC(C)N1C[C@]2(COCCN(c3cnccn3)C2)CC1=O. The number of carbonyl (C=O) groups excluding carboxylic acids is 1. The van der Waals surface area contributed by atoms with E-state index < -0.39 is 0 Å². The fourth-order valence-corrected chi connectivity index (χ4v) is 3.24. The van der Waals surface area contributed by atoms with E-state index in [1.165, 1.54) is 0 Å². The lowest BCUT2D eigenvalue weighted by molar-refractivity contribution is -0.129. The van der Waals surface area contributed by atoms with Gasteiger partial charge in [0.1, 0.15) is 5.82 Å². The van der Waals surface area contributed by atoms with Crippen molar-refractivity contribution in [3.8, 4) is 0 Å². The molecule has 0 radical (unpaired) electrons. The summed E-state index contributed by atoms with van der Waals surface area (Å²) in [6.07, 6.45) is 5.71. The van der Waals surface area contributed by atoms with Crippen molar-refractivity contribution in [1.82, 2.24) is 14.9 Å². The van der Waals surface area contributed by atoms with E-state index in [-0.39, 0.29) is 17.4 Å². The maximum atomic E-state index is 12.3. The van der Waals surface area contributed by atoms with Crippen molar-refractivity contribution in [2.75, 3.05) is 37.7 Å². The molecule has 2 fully saturated rings. The van der Waals surface area contributed by atoms with Crippen molar-refractivity contribution in [1.29, 1.82) is 0 Å². The highest BCUT2D eigenvalue weighted by atomic mass is 16.5. The second-order valence-corrected chi connectivity index (χ2v) is 6.33. The zero-order valence-corrected chi connectivity index (χ0v) is 12.7. The second kappa shape index (κ2) is 5.60. The molecule has 0 aliphatic carbocycles. The number of anilines is 1. The molecule has 2 saturated heterocycles. The van der Waals surface area contributed by atoms with Gasteiger partial charge >= 0.3 is 0 Å². The van der Waals surface area contributed by atoms with Crippen LogP contribution in [0.15, 0.2) is 18.6 Å². The zero-order chi connectivity index (χ0) is 14.9. The Hall–Kier alpha value is -1.69. The van der Waals surface area contributed by atoms with Crippen molar-refractivity contribution in [2.45, 2.75) is 26.3 Å².